The zero-order valence-electron chi connectivity index (χ0n) is 15.7. The lowest BCUT2D eigenvalue weighted by Gasteiger charge is -2.31. The summed E-state index contributed by atoms with van der Waals surface area (Å²) in [6.07, 6.45) is -6.85. The van der Waals surface area contributed by atoms with Crippen LogP contribution in [-0.4, -0.2) is 35.3 Å². The standard InChI is InChI=1S/C20H18F4N2O4/c1-29-15-4-2-3-5-16(15)30-11-12-6-8-13(9-7-12)18(27)26-20(28,19(23)24)10-14(25-26)17(21)22/h2-9,19,25,28H,10-11H2,1H3. The molecule has 3 rings (SSSR count). The molecule has 2 N–H and O–H groups in total. The molecule has 1 amide bonds. The fourth-order valence-corrected chi connectivity index (χ4v) is 2.89. The molecular weight excluding hydrogens is 408 g/mol. The van der Waals surface area contributed by atoms with Gasteiger partial charge in [-0.3, -0.25) is 10.2 Å². The number of halogens is 4. The fourth-order valence-electron chi connectivity index (χ4n) is 2.89. The van der Waals surface area contributed by atoms with Crippen LogP contribution in [0.3, 0.4) is 0 Å². The quantitative estimate of drug-likeness (QED) is 0.690. The van der Waals surface area contributed by atoms with Crippen molar-refractivity contribution in [1.82, 2.24) is 10.4 Å². The highest BCUT2D eigenvalue weighted by Crippen LogP contribution is 2.35. The minimum atomic E-state index is -3.46. The molecule has 160 valence electrons. The minimum absolute atomic E-state index is 0.0804. The molecule has 0 spiro atoms. The molecule has 6 nitrogen and oxygen atoms in total. The van der Waals surface area contributed by atoms with Gasteiger partial charge in [0.25, 0.3) is 18.4 Å². The van der Waals surface area contributed by atoms with E-state index in [1.807, 2.05) is 5.43 Å². The maximum Gasteiger partial charge on any atom is 0.291 e. The van der Waals surface area contributed by atoms with Crippen molar-refractivity contribution in [3.8, 4) is 11.5 Å². The third kappa shape index (κ3) is 4.18. The number of para-hydroxylation sites is 2. The van der Waals surface area contributed by atoms with E-state index < -0.39 is 36.3 Å². The average Bonchev–Trinajstić information content (AvgIpc) is 3.11. The third-order valence-corrected chi connectivity index (χ3v) is 4.52. The molecule has 30 heavy (non-hydrogen) atoms. The van der Waals surface area contributed by atoms with E-state index in [0.717, 1.165) is 0 Å². The Morgan fingerprint density at radius 2 is 1.80 bits per heavy atom. The predicted octanol–water partition coefficient (Wildman–Crippen LogP) is 3.69. The third-order valence-electron chi connectivity index (χ3n) is 4.52. The summed E-state index contributed by atoms with van der Waals surface area (Å²) in [7, 11) is 1.50. The van der Waals surface area contributed by atoms with Gasteiger partial charge in [-0.15, -0.1) is 0 Å². The second-order valence-corrected chi connectivity index (χ2v) is 6.48. The normalized spacial score (nSPS) is 18.4. The molecule has 0 saturated carbocycles. The van der Waals surface area contributed by atoms with Crippen molar-refractivity contribution in [2.24, 2.45) is 0 Å². The molecule has 0 bridgehead atoms. The van der Waals surface area contributed by atoms with Crippen molar-refractivity contribution in [2.45, 2.75) is 25.2 Å². The number of ether oxygens (including phenoxy) is 2. The Kier molecular flexibility index (Phi) is 6.16. The van der Waals surface area contributed by atoms with Crippen molar-refractivity contribution in [2.75, 3.05) is 7.11 Å². The number of nitrogens with one attached hydrogen (secondary N) is 1. The molecule has 2 aromatic rings. The molecule has 1 heterocycles. The van der Waals surface area contributed by atoms with E-state index in [4.69, 9.17) is 9.47 Å². The van der Waals surface area contributed by atoms with Crippen molar-refractivity contribution in [3.63, 3.8) is 0 Å². The van der Waals surface area contributed by atoms with Crippen LogP contribution in [0.1, 0.15) is 22.3 Å². The molecule has 2 aromatic carbocycles. The van der Waals surface area contributed by atoms with E-state index in [2.05, 4.69) is 0 Å². The lowest BCUT2D eigenvalue weighted by molar-refractivity contribution is -0.168. The summed E-state index contributed by atoms with van der Waals surface area (Å²) in [5, 5.41) is 10.2. The summed E-state index contributed by atoms with van der Waals surface area (Å²) >= 11 is 0. The number of benzene rings is 2. The van der Waals surface area contributed by atoms with Gasteiger partial charge in [0.2, 0.25) is 5.72 Å². The molecule has 10 heteroatoms. The number of aliphatic hydroxyl groups is 1. The number of hydrogen-bond donors (Lipinski definition) is 2. The first-order valence-corrected chi connectivity index (χ1v) is 8.77. The highest BCUT2D eigenvalue weighted by Gasteiger charge is 2.53. The van der Waals surface area contributed by atoms with Gasteiger partial charge in [-0.25, -0.2) is 13.8 Å². The van der Waals surface area contributed by atoms with Crippen LogP contribution >= 0.6 is 0 Å². The van der Waals surface area contributed by atoms with Crippen LogP contribution in [0.2, 0.25) is 0 Å². The van der Waals surface area contributed by atoms with Crippen molar-refractivity contribution in [3.05, 3.63) is 71.4 Å². The summed E-state index contributed by atoms with van der Waals surface area (Å²) in [6, 6.07) is 12.7. The molecule has 1 aliphatic heterocycles. The van der Waals surface area contributed by atoms with Crippen LogP contribution in [0.5, 0.6) is 11.5 Å². The molecule has 1 unspecified atom stereocenters. The van der Waals surface area contributed by atoms with Crippen molar-refractivity contribution in [1.29, 1.82) is 0 Å². The van der Waals surface area contributed by atoms with Gasteiger partial charge >= 0.3 is 0 Å². The molecule has 0 aromatic heterocycles. The van der Waals surface area contributed by atoms with Gasteiger partial charge in [0, 0.05) is 5.56 Å². The topological polar surface area (TPSA) is 71.0 Å². The van der Waals surface area contributed by atoms with Crippen molar-refractivity contribution < 1.29 is 36.9 Å². The number of rotatable bonds is 6. The molecule has 1 fully saturated rings. The number of methoxy groups -OCH3 is 1. The zero-order valence-corrected chi connectivity index (χ0v) is 15.7. The van der Waals surface area contributed by atoms with Gasteiger partial charge < -0.3 is 14.6 Å². The molecule has 1 aliphatic rings. The van der Waals surface area contributed by atoms with E-state index in [9.17, 15) is 27.5 Å². The second-order valence-electron chi connectivity index (χ2n) is 6.48. The number of alkyl halides is 2. The molecule has 1 atom stereocenters. The van der Waals surface area contributed by atoms with Crippen LogP contribution < -0.4 is 14.9 Å². The summed E-state index contributed by atoms with van der Waals surface area (Å²) in [5.74, 6) is -0.0260. The summed E-state index contributed by atoms with van der Waals surface area (Å²) in [6.45, 7) is 0.137. The number of carbonyl (C=O) groups is 1. The SMILES string of the molecule is COc1ccccc1OCc1ccc(C(=O)N2NC(=C(F)F)CC2(O)C(F)F)cc1. The van der Waals surface area contributed by atoms with Crippen LogP contribution in [0.15, 0.2) is 60.3 Å². The maximum absolute atomic E-state index is 13.3. The van der Waals surface area contributed by atoms with Gasteiger partial charge in [0.05, 0.1) is 13.5 Å². The average molecular weight is 426 g/mol. The highest BCUT2D eigenvalue weighted by molar-refractivity contribution is 5.94. The Bertz CT molecular complexity index is 948. The monoisotopic (exact) mass is 426 g/mol. The summed E-state index contributed by atoms with van der Waals surface area (Å²) in [4.78, 5) is 12.6. The first-order chi connectivity index (χ1) is 14.3. The molecule has 1 saturated heterocycles. The largest absolute Gasteiger partial charge is 0.493 e. The summed E-state index contributed by atoms with van der Waals surface area (Å²) in [5.41, 5.74) is -1.56. The second kappa shape index (κ2) is 8.62. The summed E-state index contributed by atoms with van der Waals surface area (Å²) < 4.78 is 63.1. The fraction of sp³-hybridized carbons (Fsp3) is 0.250. The van der Waals surface area contributed by atoms with Gasteiger partial charge in [-0.1, -0.05) is 24.3 Å². The predicted molar refractivity (Wildman–Crippen MR) is 97.9 cm³/mol. The Balaban J connectivity index is 1.74. The Hall–Kier alpha value is -3.27. The van der Waals surface area contributed by atoms with Crippen LogP contribution in [0, 0.1) is 0 Å². The number of hydrazine groups is 1. The van der Waals surface area contributed by atoms with E-state index in [-0.39, 0.29) is 17.2 Å². The number of hydrogen-bond acceptors (Lipinski definition) is 5. The van der Waals surface area contributed by atoms with E-state index in [1.54, 1.807) is 24.3 Å². The highest BCUT2D eigenvalue weighted by atomic mass is 19.3. The first-order valence-electron chi connectivity index (χ1n) is 8.77. The van der Waals surface area contributed by atoms with Crippen LogP contribution in [-0.2, 0) is 6.61 Å². The number of carbonyl (C=O) groups excluding carboxylic acids is 1. The number of nitrogens with zero attached hydrogens (tertiary/aromatic N) is 1. The lowest BCUT2D eigenvalue weighted by atomic mass is 10.1. The molecule has 0 aliphatic carbocycles. The van der Waals surface area contributed by atoms with Gasteiger partial charge in [0.15, 0.2) is 11.5 Å². The van der Waals surface area contributed by atoms with Gasteiger partial charge in [-0.2, -0.15) is 8.78 Å². The lowest BCUT2D eigenvalue weighted by Crippen LogP contribution is -2.55. The molecule has 0 radical (unpaired) electrons. The zero-order chi connectivity index (χ0) is 21.9. The van der Waals surface area contributed by atoms with E-state index >= 15 is 0 Å². The van der Waals surface area contributed by atoms with E-state index in [0.29, 0.717) is 17.1 Å². The number of amides is 1. The Labute approximate surface area is 169 Å². The smallest absolute Gasteiger partial charge is 0.291 e. The van der Waals surface area contributed by atoms with Crippen LogP contribution in [0.4, 0.5) is 17.6 Å². The van der Waals surface area contributed by atoms with Gasteiger partial charge in [-0.05, 0) is 29.8 Å². The Morgan fingerprint density at radius 3 is 2.37 bits per heavy atom. The van der Waals surface area contributed by atoms with Crippen molar-refractivity contribution >= 4 is 5.91 Å². The minimum Gasteiger partial charge on any atom is -0.493 e. The van der Waals surface area contributed by atoms with E-state index in [1.165, 1.54) is 31.4 Å². The van der Waals surface area contributed by atoms with Gasteiger partial charge in [0.1, 0.15) is 12.3 Å². The maximum atomic E-state index is 13.3. The molecular formula is C20H18F4N2O4. The van der Waals surface area contributed by atoms with Crippen LogP contribution in [0.25, 0.3) is 0 Å². The Morgan fingerprint density at radius 1 is 1.17 bits per heavy atom. The first kappa shape index (κ1) is 21.4.